The SMILES string of the molecule is CC1NC(=O)CN(c2ccccc2Br)C1=O. The molecule has 1 aromatic rings. The van der Waals surface area contributed by atoms with Crippen molar-refractivity contribution in [1.29, 1.82) is 0 Å². The van der Waals surface area contributed by atoms with Gasteiger partial charge in [-0.15, -0.1) is 0 Å². The van der Waals surface area contributed by atoms with Gasteiger partial charge < -0.3 is 10.2 Å². The van der Waals surface area contributed by atoms with E-state index in [9.17, 15) is 9.59 Å². The second-order valence-electron chi connectivity index (χ2n) is 3.66. The topological polar surface area (TPSA) is 49.4 Å². The van der Waals surface area contributed by atoms with Crippen LogP contribution < -0.4 is 10.2 Å². The van der Waals surface area contributed by atoms with E-state index in [-0.39, 0.29) is 18.4 Å². The van der Waals surface area contributed by atoms with E-state index in [0.29, 0.717) is 0 Å². The van der Waals surface area contributed by atoms with Gasteiger partial charge in [0.1, 0.15) is 12.6 Å². The summed E-state index contributed by atoms with van der Waals surface area (Å²) in [4.78, 5) is 24.8. The fourth-order valence-electron chi connectivity index (χ4n) is 1.68. The van der Waals surface area contributed by atoms with E-state index >= 15 is 0 Å². The van der Waals surface area contributed by atoms with Gasteiger partial charge in [-0.3, -0.25) is 9.59 Å². The van der Waals surface area contributed by atoms with Gasteiger partial charge in [-0.05, 0) is 35.0 Å². The zero-order chi connectivity index (χ0) is 11.7. The Balaban J connectivity index is 2.36. The van der Waals surface area contributed by atoms with Crippen molar-refractivity contribution >= 4 is 33.4 Å². The number of anilines is 1. The number of carbonyl (C=O) groups is 2. The third-order valence-corrected chi connectivity index (χ3v) is 3.13. The molecule has 0 bridgehead atoms. The van der Waals surface area contributed by atoms with E-state index in [1.54, 1.807) is 6.92 Å². The third-order valence-electron chi connectivity index (χ3n) is 2.46. The lowest BCUT2D eigenvalue weighted by atomic mass is 10.2. The molecule has 5 heteroatoms. The highest BCUT2D eigenvalue weighted by atomic mass is 79.9. The van der Waals surface area contributed by atoms with Gasteiger partial charge in [0.2, 0.25) is 11.8 Å². The summed E-state index contributed by atoms with van der Waals surface area (Å²) in [6, 6.07) is 6.90. The molecule has 1 heterocycles. The van der Waals surface area contributed by atoms with Crippen LogP contribution in [0.2, 0.25) is 0 Å². The Morgan fingerprint density at radius 3 is 2.75 bits per heavy atom. The lowest BCUT2D eigenvalue weighted by Crippen LogP contribution is -2.57. The monoisotopic (exact) mass is 282 g/mol. The second kappa shape index (κ2) is 4.25. The largest absolute Gasteiger partial charge is 0.343 e. The van der Waals surface area contributed by atoms with Crippen LogP contribution in [-0.4, -0.2) is 24.4 Å². The summed E-state index contributed by atoms with van der Waals surface area (Å²) >= 11 is 3.37. The highest BCUT2D eigenvalue weighted by molar-refractivity contribution is 9.10. The first-order valence-electron chi connectivity index (χ1n) is 4.95. The molecular weight excluding hydrogens is 272 g/mol. The average Bonchev–Trinajstić information content (AvgIpc) is 2.24. The van der Waals surface area contributed by atoms with E-state index in [1.165, 1.54) is 4.90 Å². The first-order chi connectivity index (χ1) is 7.59. The lowest BCUT2D eigenvalue weighted by molar-refractivity contribution is -0.130. The van der Waals surface area contributed by atoms with Gasteiger partial charge in [-0.2, -0.15) is 0 Å². The molecule has 1 atom stereocenters. The minimum atomic E-state index is -0.464. The predicted molar refractivity (Wildman–Crippen MR) is 64.1 cm³/mol. The molecule has 0 radical (unpaired) electrons. The van der Waals surface area contributed by atoms with Crippen LogP contribution in [0.1, 0.15) is 6.92 Å². The molecule has 0 aliphatic carbocycles. The number of nitrogens with zero attached hydrogens (tertiary/aromatic N) is 1. The molecule has 1 unspecified atom stereocenters. The number of rotatable bonds is 1. The van der Waals surface area contributed by atoms with E-state index in [2.05, 4.69) is 21.2 Å². The zero-order valence-electron chi connectivity index (χ0n) is 8.74. The quantitative estimate of drug-likeness (QED) is 0.844. The number of piperazine rings is 1. The van der Waals surface area contributed by atoms with Crippen LogP contribution in [-0.2, 0) is 9.59 Å². The summed E-state index contributed by atoms with van der Waals surface area (Å²) in [5.74, 6) is -0.227. The van der Waals surface area contributed by atoms with Crippen molar-refractivity contribution in [2.75, 3.05) is 11.4 Å². The smallest absolute Gasteiger partial charge is 0.249 e. The van der Waals surface area contributed by atoms with Crippen LogP contribution in [0, 0.1) is 0 Å². The lowest BCUT2D eigenvalue weighted by Gasteiger charge is -2.31. The highest BCUT2D eigenvalue weighted by Gasteiger charge is 2.31. The molecule has 84 valence electrons. The molecule has 1 aliphatic rings. The van der Waals surface area contributed by atoms with Crippen molar-refractivity contribution in [2.45, 2.75) is 13.0 Å². The summed E-state index contributed by atoms with van der Waals surface area (Å²) < 4.78 is 0.810. The summed E-state index contributed by atoms with van der Waals surface area (Å²) in [6.45, 7) is 1.76. The van der Waals surface area contributed by atoms with Crippen LogP contribution in [0.15, 0.2) is 28.7 Å². The number of carbonyl (C=O) groups excluding carboxylic acids is 2. The molecular formula is C11H11BrN2O2. The summed E-state index contributed by atoms with van der Waals surface area (Å²) in [5.41, 5.74) is 0.731. The summed E-state index contributed by atoms with van der Waals surface area (Å²) in [7, 11) is 0. The molecule has 2 amide bonds. The maximum atomic E-state index is 11.9. The Kier molecular flexibility index (Phi) is 2.96. The molecule has 1 saturated heterocycles. The fourth-order valence-corrected chi connectivity index (χ4v) is 2.18. The van der Waals surface area contributed by atoms with E-state index < -0.39 is 6.04 Å². The number of amides is 2. The molecule has 1 N–H and O–H groups in total. The first-order valence-corrected chi connectivity index (χ1v) is 5.74. The Bertz CT molecular complexity index is 447. The van der Waals surface area contributed by atoms with E-state index in [1.807, 2.05) is 24.3 Å². The van der Waals surface area contributed by atoms with E-state index in [4.69, 9.17) is 0 Å². The summed E-state index contributed by atoms with van der Waals surface area (Å²) in [6.07, 6.45) is 0. The van der Waals surface area contributed by atoms with Crippen LogP contribution in [0.4, 0.5) is 5.69 Å². The molecule has 0 aromatic heterocycles. The van der Waals surface area contributed by atoms with Crippen LogP contribution >= 0.6 is 15.9 Å². The van der Waals surface area contributed by atoms with Crippen molar-refractivity contribution in [3.05, 3.63) is 28.7 Å². The Labute approximate surface area is 102 Å². The number of halogens is 1. The number of benzene rings is 1. The molecule has 16 heavy (non-hydrogen) atoms. The standard InChI is InChI=1S/C11H11BrN2O2/c1-7-11(16)14(6-10(15)13-7)9-5-3-2-4-8(9)12/h2-5,7H,6H2,1H3,(H,13,15). The maximum absolute atomic E-state index is 11.9. The van der Waals surface area contributed by atoms with Crippen molar-refractivity contribution in [2.24, 2.45) is 0 Å². The Hall–Kier alpha value is -1.36. The first kappa shape index (κ1) is 11.1. The minimum Gasteiger partial charge on any atom is -0.343 e. The molecule has 1 aromatic carbocycles. The van der Waals surface area contributed by atoms with E-state index in [0.717, 1.165) is 10.2 Å². The molecule has 0 saturated carbocycles. The predicted octanol–water partition coefficient (Wildman–Crippen LogP) is 1.30. The number of nitrogens with one attached hydrogen (secondary N) is 1. The van der Waals surface area contributed by atoms with Gasteiger partial charge in [0.15, 0.2) is 0 Å². The third kappa shape index (κ3) is 1.95. The second-order valence-corrected chi connectivity index (χ2v) is 4.52. The van der Waals surface area contributed by atoms with Gasteiger partial charge in [-0.1, -0.05) is 12.1 Å². The number of hydrogen-bond acceptors (Lipinski definition) is 2. The molecule has 0 spiro atoms. The molecule has 4 nitrogen and oxygen atoms in total. The van der Waals surface area contributed by atoms with Crippen LogP contribution in [0.25, 0.3) is 0 Å². The Morgan fingerprint density at radius 2 is 2.06 bits per heavy atom. The van der Waals surface area contributed by atoms with Crippen molar-refractivity contribution < 1.29 is 9.59 Å². The molecule has 1 fully saturated rings. The molecule has 2 rings (SSSR count). The normalized spacial score (nSPS) is 20.9. The van der Waals surface area contributed by atoms with Gasteiger partial charge in [-0.25, -0.2) is 0 Å². The van der Waals surface area contributed by atoms with Gasteiger partial charge in [0.25, 0.3) is 0 Å². The van der Waals surface area contributed by atoms with Gasteiger partial charge in [0.05, 0.1) is 5.69 Å². The Morgan fingerprint density at radius 1 is 1.38 bits per heavy atom. The van der Waals surface area contributed by atoms with Crippen molar-refractivity contribution in [3.63, 3.8) is 0 Å². The summed E-state index contributed by atoms with van der Waals surface area (Å²) in [5, 5.41) is 2.60. The van der Waals surface area contributed by atoms with Crippen LogP contribution in [0.3, 0.4) is 0 Å². The maximum Gasteiger partial charge on any atom is 0.249 e. The van der Waals surface area contributed by atoms with Crippen molar-refractivity contribution in [1.82, 2.24) is 5.32 Å². The van der Waals surface area contributed by atoms with Gasteiger partial charge >= 0.3 is 0 Å². The van der Waals surface area contributed by atoms with Crippen LogP contribution in [0.5, 0.6) is 0 Å². The van der Waals surface area contributed by atoms with Crippen molar-refractivity contribution in [3.8, 4) is 0 Å². The zero-order valence-corrected chi connectivity index (χ0v) is 10.3. The van der Waals surface area contributed by atoms with Gasteiger partial charge in [0, 0.05) is 4.47 Å². The fraction of sp³-hybridized carbons (Fsp3) is 0.273. The molecule has 1 aliphatic heterocycles. The highest BCUT2D eigenvalue weighted by Crippen LogP contribution is 2.26. The average molecular weight is 283 g/mol. The minimum absolute atomic E-state index is 0.0752. The number of hydrogen-bond donors (Lipinski definition) is 1. The number of para-hydroxylation sites is 1.